The highest BCUT2D eigenvalue weighted by atomic mass is 16.2. The van der Waals surface area contributed by atoms with Crippen molar-refractivity contribution in [3.63, 3.8) is 0 Å². The third-order valence-corrected chi connectivity index (χ3v) is 3.72. The summed E-state index contributed by atoms with van der Waals surface area (Å²) in [6.07, 6.45) is 0.732. The highest BCUT2D eigenvalue weighted by Crippen LogP contribution is 2.31. The molecule has 2 aliphatic rings. The van der Waals surface area contributed by atoms with Crippen LogP contribution in [0.1, 0.15) is 21.5 Å². The molecular formula is C16H12N2O. The standard InChI is InChI=1S/C16H12N2O/c19-16-13-7-3-1-5-11(13)9-15-17-14-8-4-2-6-12(14)10-18(15)16/h1-8H,9-10H2. The summed E-state index contributed by atoms with van der Waals surface area (Å²) in [6.45, 7) is 0.627. The first-order valence-corrected chi connectivity index (χ1v) is 6.38. The molecule has 0 saturated heterocycles. The molecule has 0 spiro atoms. The smallest absolute Gasteiger partial charge is 0.259 e. The first-order chi connectivity index (χ1) is 9.33. The van der Waals surface area contributed by atoms with Crippen LogP contribution in [0.3, 0.4) is 0 Å². The van der Waals surface area contributed by atoms with E-state index in [1.165, 1.54) is 0 Å². The number of aliphatic imine (C=N–C) groups is 1. The highest BCUT2D eigenvalue weighted by Gasteiger charge is 2.31. The van der Waals surface area contributed by atoms with Gasteiger partial charge in [0.05, 0.1) is 12.2 Å². The lowest BCUT2D eigenvalue weighted by Crippen LogP contribution is -2.43. The SMILES string of the molecule is O=C1c2ccccc2CC2=Nc3ccccc3CN12. The summed E-state index contributed by atoms with van der Waals surface area (Å²) in [6, 6.07) is 15.8. The summed E-state index contributed by atoms with van der Waals surface area (Å²) in [5.74, 6) is 0.928. The van der Waals surface area contributed by atoms with Crippen LogP contribution in [-0.4, -0.2) is 16.6 Å². The number of hydrogen-bond donors (Lipinski definition) is 0. The van der Waals surface area contributed by atoms with E-state index >= 15 is 0 Å². The zero-order valence-electron chi connectivity index (χ0n) is 10.3. The van der Waals surface area contributed by atoms with Gasteiger partial charge in [-0.1, -0.05) is 36.4 Å². The molecule has 2 aromatic rings. The van der Waals surface area contributed by atoms with E-state index in [1.54, 1.807) is 4.90 Å². The predicted molar refractivity (Wildman–Crippen MR) is 73.6 cm³/mol. The third-order valence-electron chi connectivity index (χ3n) is 3.72. The van der Waals surface area contributed by atoms with Gasteiger partial charge in [0.2, 0.25) is 0 Å². The summed E-state index contributed by atoms with van der Waals surface area (Å²) >= 11 is 0. The van der Waals surface area contributed by atoms with Crippen molar-refractivity contribution < 1.29 is 4.79 Å². The van der Waals surface area contributed by atoms with E-state index in [0.717, 1.165) is 34.6 Å². The minimum atomic E-state index is 0.0649. The minimum Gasteiger partial charge on any atom is -0.291 e. The minimum absolute atomic E-state index is 0.0649. The third kappa shape index (κ3) is 1.51. The van der Waals surface area contributed by atoms with Crippen LogP contribution in [0.15, 0.2) is 53.5 Å². The quantitative estimate of drug-likeness (QED) is 0.705. The van der Waals surface area contributed by atoms with Gasteiger partial charge in [0.15, 0.2) is 0 Å². The molecule has 0 bridgehead atoms. The molecule has 0 atom stereocenters. The van der Waals surface area contributed by atoms with E-state index in [0.29, 0.717) is 6.54 Å². The van der Waals surface area contributed by atoms with Gasteiger partial charge in [-0.25, -0.2) is 4.99 Å². The fourth-order valence-electron chi connectivity index (χ4n) is 2.74. The molecule has 3 heteroatoms. The first kappa shape index (κ1) is 10.5. The molecule has 2 aliphatic heterocycles. The molecule has 0 unspecified atom stereocenters. The molecule has 2 aromatic carbocycles. The van der Waals surface area contributed by atoms with Crippen molar-refractivity contribution in [2.24, 2.45) is 4.99 Å². The van der Waals surface area contributed by atoms with Gasteiger partial charge >= 0.3 is 0 Å². The molecule has 2 heterocycles. The van der Waals surface area contributed by atoms with Gasteiger partial charge in [-0.15, -0.1) is 0 Å². The second kappa shape index (κ2) is 3.79. The van der Waals surface area contributed by atoms with E-state index in [9.17, 15) is 4.79 Å². The summed E-state index contributed by atoms with van der Waals surface area (Å²) in [4.78, 5) is 18.9. The van der Waals surface area contributed by atoms with Crippen molar-refractivity contribution in [1.29, 1.82) is 0 Å². The van der Waals surface area contributed by atoms with Crippen molar-refractivity contribution in [3.8, 4) is 0 Å². The van der Waals surface area contributed by atoms with Crippen molar-refractivity contribution in [2.45, 2.75) is 13.0 Å². The second-order valence-corrected chi connectivity index (χ2v) is 4.88. The Morgan fingerprint density at radius 3 is 2.58 bits per heavy atom. The number of amidine groups is 1. The maximum Gasteiger partial charge on any atom is 0.259 e. The van der Waals surface area contributed by atoms with Crippen molar-refractivity contribution in [2.75, 3.05) is 0 Å². The van der Waals surface area contributed by atoms with Crippen LogP contribution >= 0.6 is 0 Å². The molecule has 3 nitrogen and oxygen atoms in total. The largest absolute Gasteiger partial charge is 0.291 e. The van der Waals surface area contributed by atoms with Gasteiger partial charge < -0.3 is 0 Å². The number of benzene rings is 2. The van der Waals surface area contributed by atoms with Crippen molar-refractivity contribution >= 4 is 17.4 Å². The van der Waals surface area contributed by atoms with E-state index in [4.69, 9.17) is 0 Å². The van der Waals surface area contributed by atoms with E-state index in [1.807, 2.05) is 48.5 Å². The molecular weight excluding hydrogens is 236 g/mol. The Hall–Kier alpha value is -2.42. The van der Waals surface area contributed by atoms with Gasteiger partial charge in [-0.05, 0) is 23.3 Å². The van der Waals surface area contributed by atoms with Crippen LogP contribution in [0.2, 0.25) is 0 Å². The predicted octanol–water partition coefficient (Wildman–Crippen LogP) is 2.93. The van der Waals surface area contributed by atoms with Crippen LogP contribution in [0.25, 0.3) is 0 Å². The first-order valence-electron chi connectivity index (χ1n) is 6.38. The maximum atomic E-state index is 12.5. The Balaban J connectivity index is 1.87. The number of para-hydroxylation sites is 1. The number of fused-ring (bicyclic) bond motifs is 3. The number of nitrogens with zero attached hydrogens (tertiary/aromatic N) is 2. The molecule has 19 heavy (non-hydrogen) atoms. The van der Waals surface area contributed by atoms with Crippen LogP contribution < -0.4 is 0 Å². The number of amides is 1. The normalized spacial score (nSPS) is 16.3. The molecule has 0 fully saturated rings. The van der Waals surface area contributed by atoms with E-state index < -0.39 is 0 Å². The lowest BCUT2D eigenvalue weighted by atomic mass is 9.96. The Morgan fingerprint density at radius 1 is 0.947 bits per heavy atom. The van der Waals surface area contributed by atoms with Gasteiger partial charge in [-0.3, -0.25) is 9.69 Å². The van der Waals surface area contributed by atoms with Crippen LogP contribution in [0, 0.1) is 0 Å². The molecule has 0 saturated carbocycles. The summed E-state index contributed by atoms with van der Waals surface area (Å²) < 4.78 is 0. The Morgan fingerprint density at radius 2 is 1.68 bits per heavy atom. The Labute approximate surface area is 111 Å². The number of hydrogen-bond acceptors (Lipinski definition) is 2. The van der Waals surface area contributed by atoms with E-state index in [-0.39, 0.29) is 5.91 Å². The van der Waals surface area contributed by atoms with Crippen LogP contribution in [0.5, 0.6) is 0 Å². The van der Waals surface area contributed by atoms with Crippen molar-refractivity contribution in [3.05, 3.63) is 65.2 Å². The fourth-order valence-corrected chi connectivity index (χ4v) is 2.74. The van der Waals surface area contributed by atoms with Crippen LogP contribution in [0.4, 0.5) is 5.69 Å². The monoisotopic (exact) mass is 248 g/mol. The Bertz CT molecular complexity index is 718. The van der Waals surface area contributed by atoms with Gasteiger partial charge in [0.1, 0.15) is 5.84 Å². The lowest BCUT2D eigenvalue weighted by Gasteiger charge is -2.33. The molecule has 1 amide bonds. The van der Waals surface area contributed by atoms with E-state index in [2.05, 4.69) is 4.99 Å². The highest BCUT2D eigenvalue weighted by molar-refractivity contribution is 6.12. The van der Waals surface area contributed by atoms with Crippen LogP contribution in [-0.2, 0) is 13.0 Å². The maximum absolute atomic E-state index is 12.5. The average molecular weight is 248 g/mol. The summed E-state index contributed by atoms with van der Waals surface area (Å²) in [7, 11) is 0. The average Bonchev–Trinajstić information content (AvgIpc) is 2.46. The zero-order chi connectivity index (χ0) is 12.8. The van der Waals surface area contributed by atoms with Gasteiger partial charge in [-0.2, -0.15) is 0 Å². The Kier molecular flexibility index (Phi) is 2.09. The molecule has 92 valence electrons. The second-order valence-electron chi connectivity index (χ2n) is 4.88. The zero-order valence-corrected chi connectivity index (χ0v) is 10.3. The van der Waals surface area contributed by atoms with Crippen molar-refractivity contribution in [1.82, 2.24) is 4.90 Å². The number of rotatable bonds is 0. The molecule has 0 radical (unpaired) electrons. The summed E-state index contributed by atoms with van der Waals surface area (Å²) in [5.41, 5.74) is 3.97. The topological polar surface area (TPSA) is 32.7 Å². The molecule has 0 aliphatic carbocycles. The lowest BCUT2D eigenvalue weighted by molar-refractivity contribution is 0.0828. The van der Waals surface area contributed by atoms with Gasteiger partial charge in [0, 0.05) is 12.0 Å². The molecule has 0 N–H and O–H groups in total. The van der Waals surface area contributed by atoms with Gasteiger partial charge in [0.25, 0.3) is 5.91 Å². The fraction of sp³-hybridized carbons (Fsp3) is 0.125. The number of carbonyl (C=O) groups excluding carboxylic acids is 1. The molecule has 0 aromatic heterocycles. The summed E-state index contributed by atoms with van der Waals surface area (Å²) in [5, 5.41) is 0. The molecule has 4 rings (SSSR count). The number of carbonyl (C=O) groups is 1.